The Bertz CT molecular complexity index is 616. The maximum atomic E-state index is 5.55. The van der Waals surface area contributed by atoms with E-state index in [1.165, 1.54) is 22.4 Å². The van der Waals surface area contributed by atoms with Gasteiger partial charge in [0.1, 0.15) is 5.75 Å². The summed E-state index contributed by atoms with van der Waals surface area (Å²) >= 11 is 0. The van der Waals surface area contributed by atoms with Crippen LogP contribution in [0, 0.1) is 0 Å². The highest BCUT2D eigenvalue weighted by atomic mass is 16.5. The number of hydrogen-bond donors (Lipinski definition) is 1. The van der Waals surface area contributed by atoms with Crippen molar-refractivity contribution in [3.05, 3.63) is 59.2 Å². The standard InChI is InChI=1S/C19H23NO/c1-13(2)15-4-6-16(7-5-15)14(3)20-18-8-9-19-17(12-18)10-11-21-19/h4-9,12-14,20H,10-11H2,1-3H3. The lowest BCUT2D eigenvalue weighted by Crippen LogP contribution is -2.06. The molecule has 1 aliphatic heterocycles. The number of nitrogens with one attached hydrogen (secondary N) is 1. The quantitative estimate of drug-likeness (QED) is 0.859. The van der Waals surface area contributed by atoms with Gasteiger partial charge in [0.2, 0.25) is 0 Å². The molecule has 0 bridgehead atoms. The summed E-state index contributed by atoms with van der Waals surface area (Å²) in [6.07, 6.45) is 1.02. The van der Waals surface area contributed by atoms with Gasteiger partial charge >= 0.3 is 0 Å². The molecule has 21 heavy (non-hydrogen) atoms. The van der Waals surface area contributed by atoms with Gasteiger partial charge in [-0.3, -0.25) is 0 Å². The van der Waals surface area contributed by atoms with E-state index in [1.54, 1.807) is 0 Å². The fraction of sp³-hybridized carbons (Fsp3) is 0.368. The first-order valence-corrected chi connectivity index (χ1v) is 7.75. The molecule has 0 aliphatic carbocycles. The minimum absolute atomic E-state index is 0.298. The number of fused-ring (bicyclic) bond motifs is 1. The SMILES string of the molecule is CC(C)c1ccc(C(C)Nc2ccc3c(c2)CCO3)cc1. The number of ether oxygens (including phenoxy) is 1. The van der Waals surface area contributed by atoms with Crippen LogP contribution in [-0.4, -0.2) is 6.61 Å². The fourth-order valence-electron chi connectivity index (χ4n) is 2.78. The van der Waals surface area contributed by atoms with Gasteiger partial charge in [-0.1, -0.05) is 38.1 Å². The number of hydrogen-bond acceptors (Lipinski definition) is 2. The second-order valence-corrected chi connectivity index (χ2v) is 6.11. The monoisotopic (exact) mass is 281 g/mol. The van der Waals surface area contributed by atoms with E-state index in [0.717, 1.165) is 18.8 Å². The predicted octanol–water partition coefficient (Wildman–Crippen LogP) is 4.92. The van der Waals surface area contributed by atoms with Gasteiger partial charge in [0.05, 0.1) is 6.61 Å². The normalized spacial score (nSPS) is 14.7. The summed E-state index contributed by atoms with van der Waals surface area (Å²) in [5, 5.41) is 3.58. The molecule has 0 spiro atoms. The van der Waals surface area contributed by atoms with Gasteiger partial charge in [-0.05, 0) is 47.7 Å². The molecule has 0 aromatic heterocycles. The molecule has 0 saturated carbocycles. The summed E-state index contributed by atoms with van der Waals surface area (Å²) in [4.78, 5) is 0. The molecule has 1 aliphatic rings. The van der Waals surface area contributed by atoms with Crippen LogP contribution in [0.5, 0.6) is 5.75 Å². The molecule has 0 saturated heterocycles. The number of benzene rings is 2. The summed E-state index contributed by atoms with van der Waals surface area (Å²) in [7, 11) is 0. The highest BCUT2D eigenvalue weighted by Crippen LogP contribution is 2.29. The van der Waals surface area contributed by atoms with E-state index in [1.807, 2.05) is 0 Å². The molecule has 0 radical (unpaired) electrons. The van der Waals surface area contributed by atoms with Crippen LogP contribution in [0.2, 0.25) is 0 Å². The predicted molar refractivity (Wildman–Crippen MR) is 88.2 cm³/mol. The zero-order valence-electron chi connectivity index (χ0n) is 13.0. The maximum absolute atomic E-state index is 5.55. The van der Waals surface area contributed by atoms with E-state index >= 15 is 0 Å². The van der Waals surface area contributed by atoms with Crippen molar-refractivity contribution in [2.75, 3.05) is 11.9 Å². The Morgan fingerprint density at radius 3 is 2.38 bits per heavy atom. The Labute approximate surface area is 127 Å². The Balaban J connectivity index is 1.72. The molecule has 2 aromatic carbocycles. The smallest absolute Gasteiger partial charge is 0.122 e. The van der Waals surface area contributed by atoms with Crippen LogP contribution < -0.4 is 10.1 Å². The fourth-order valence-corrected chi connectivity index (χ4v) is 2.78. The van der Waals surface area contributed by atoms with E-state index in [-0.39, 0.29) is 0 Å². The molecule has 3 rings (SSSR count). The largest absolute Gasteiger partial charge is 0.493 e. The second kappa shape index (κ2) is 5.80. The molecular weight excluding hydrogens is 258 g/mol. The summed E-state index contributed by atoms with van der Waals surface area (Å²) < 4.78 is 5.55. The first-order chi connectivity index (χ1) is 10.1. The van der Waals surface area contributed by atoms with E-state index < -0.39 is 0 Å². The lowest BCUT2D eigenvalue weighted by Gasteiger charge is -2.17. The average molecular weight is 281 g/mol. The van der Waals surface area contributed by atoms with Crippen molar-refractivity contribution < 1.29 is 4.74 Å². The molecule has 110 valence electrons. The number of anilines is 1. The highest BCUT2D eigenvalue weighted by Gasteiger charge is 2.13. The van der Waals surface area contributed by atoms with E-state index in [9.17, 15) is 0 Å². The van der Waals surface area contributed by atoms with Gasteiger partial charge in [0, 0.05) is 18.2 Å². The molecule has 1 atom stereocenters. The van der Waals surface area contributed by atoms with Crippen molar-refractivity contribution in [2.24, 2.45) is 0 Å². The Hall–Kier alpha value is -1.96. The summed E-state index contributed by atoms with van der Waals surface area (Å²) in [6, 6.07) is 15.6. The molecular formula is C19H23NO. The highest BCUT2D eigenvalue weighted by molar-refractivity contribution is 5.53. The van der Waals surface area contributed by atoms with Crippen LogP contribution in [0.4, 0.5) is 5.69 Å². The van der Waals surface area contributed by atoms with Crippen LogP contribution in [0.15, 0.2) is 42.5 Å². The summed E-state index contributed by atoms with van der Waals surface area (Å²) in [6.45, 7) is 7.46. The molecule has 2 aromatic rings. The molecule has 2 heteroatoms. The van der Waals surface area contributed by atoms with Gasteiger partial charge in [-0.15, -0.1) is 0 Å². The van der Waals surface area contributed by atoms with Crippen LogP contribution in [-0.2, 0) is 6.42 Å². The summed E-state index contributed by atoms with van der Waals surface area (Å²) in [5.74, 6) is 1.62. The molecule has 0 fully saturated rings. The van der Waals surface area contributed by atoms with Crippen molar-refractivity contribution >= 4 is 5.69 Å². The van der Waals surface area contributed by atoms with E-state index in [4.69, 9.17) is 4.74 Å². The third kappa shape index (κ3) is 3.05. The topological polar surface area (TPSA) is 21.3 Å². The zero-order valence-corrected chi connectivity index (χ0v) is 13.0. The first-order valence-electron chi connectivity index (χ1n) is 7.75. The van der Waals surface area contributed by atoms with Gasteiger partial charge in [0.15, 0.2) is 0 Å². The van der Waals surface area contributed by atoms with E-state index in [2.05, 4.69) is 68.6 Å². The van der Waals surface area contributed by atoms with Gasteiger partial charge in [-0.25, -0.2) is 0 Å². The average Bonchev–Trinajstić information content (AvgIpc) is 2.95. The van der Waals surface area contributed by atoms with Crippen molar-refractivity contribution in [2.45, 2.75) is 39.2 Å². The Morgan fingerprint density at radius 1 is 0.952 bits per heavy atom. The second-order valence-electron chi connectivity index (χ2n) is 6.11. The van der Waals surface area contributed by atoms with Crippen molar-refractivity contribution in [3.63, 3.8) is 0 Å². The van der Waals surface area contributed by atoms with E-state index in [0.29, 0.717) is 12.0 Å². The first kappa shape index (κ1) is 14.0. The summed E-state index contributed by atoms with van der Waals surface area (Å²) in [5.41, 5.74) is 5.18. The molecule has 1 heterocycles. The number of rotatable bonds is 4. The lowest BCUT2D eigenvalue weighted by atomic mass is 9.99. The lowest BCUT2D eigenvalue weighted by molar-refractivity contribution is 0.357. The minimum atomic E-state index is 0.298. The van der Waals surface area contributed by atoms with Crippen molar-refractivity contribution in [3.8, 4) is 5.75 Å². The third-order valence-corrected chi connectivity index (χ3v) is 4.18. The van der Waals surface area contributed by atoms with Crippen LogP contribution >= 0.6 is 0 Å². The Kier molecular flexibility index (Phi) is 3.87. The van der Waals surface area contributed by atoms with Crippen molar-refractivity contribution in [1.29, 1.82) is 0 Å². The molecule has 1 unspecified atom stereocenters. The van der Waals surface area contributed by atoms with Gasteiger partial charge in [0.25, 0.3) is 0 Å². The zero-order chi connectivity index (χ0) is 14.8. The molecule has 1 N–H and O–H groups in total. The molecule has 2 nitrogen and oxygen atoms in total. The minimum Gasteiger partial charge on any atom is -0.493 e. The third-order valence-electron chi connectivity index (χ3n) is 4.18. The van der Waals surface area contributed by atoms with Crippen LogP contribution in [0.25, 0.3) is 0 Å². The Morgan fingerprint density at radius 2 is 1.67 bits per heavy atom. The van der Waals surface area contributed by atoms with Crippen LogP contribution in [0.1, 0.15) is 49.4 Å². The maximum Gasteiger partial charge on any atom is 0.122 e. The van der Waals surface area contributed by atoms with Crippen LogP contribution in [0.3, 0.4) is 0 Å². The van der Waals surface area contributed by atoms with Crippen molar-refractivity contribution in [1.82, 2.24) is 0 Å². The molecule has 0 amide bonds. The van der Waals surface area contributed by atoms with Gasteiger partial charge < -0.3 is 10.1 Å². The van der Waals surface area contributed by atoms with Gasteiger partial charge in [-0.2, -0.15) is 0 Å².